The van der Waals surface area contributed by atoms with Crippen LogP contribution in [0.15, 0.2) is 24.3 Å². The van der Waals surface area contributed by atoms with Crippen LogP contribution in [0.25, 0.3) is 0 Å². The number of hydrazine groups is 1. The zero-order valence-corrected chi connectivity index (χ0v) is 8.84. The van der Waals surface area contributed by atoms with E-state index < -0.39 is 0 Å². The first kappa shape index (κ1) is 11.6. The molecule has 0 radical (unpaired) electrons. The Labute approximate surface area is 93.6 Å². The fourth-order valence-electron chi connectivity index (χ4n) is 1.00. The number of carbonyl (C=O) groups excluding carboxylic acids is 1. The fraction of sp³-hybridized carbons (Fsp3) is 0.182. The summed E-state index contributed by atoms with van der Waals surface area (Å²) < 4.78 is 0. The number of benzene rings is 1. The zero-order chi connectivity index (χ0) is 11.1. The normalized spacial score (nSPS) is 8.93. The minimum atomic E-state index is -0.310. The molecule has 1 rings (SSSR count). The second-order valence-electron chi connectivity index (χ2n) is 2.79. The quantitative estimate of drug-likeness (QED) is 0.260. The van der Waals surface area contributed by atoms with E-state index in [1.807, 2.05) is 0 Å². The monoisotopic (exact) mass is 222 g/mol. The summed E-state index contributed by atoms with van der Waals surface area (Å²) >= 11 is 5.48. The Bertz CT molecular complexity index is 389. The average molecular weight is 223 g/mol. The zero-order valence-electron chi connectivity index (χ0n) is 8.09. The van der Waals surface area contributed by atoms with Gasteiger partial charge >= 0.3 is 0 Å². The van der Waals surface area contributed by atoms with Crippen LogP contribution in [0.2, 0.25) is 0 Å². The van der Waals surface area contributed by atoms with Crippen LogP contribution in [-0.2, 0) is 0 Å². The number of nitrogens with two attached hydrogens (primary N) is 1. The van der Waals surface area contributed by atoms with Crippen molar-refractivity contribution in [2.45, 2.75) is 6.42 Å². The molecule has 0 aliphatic rings. The lowest BCUT2D eigenvalue weighted by atomic mass is 10.1. The number of carbonyl (C=O) groups is 1. The molecule has 0 aromatic heterocycles. The summed E-state index contributed by atoms with van der Waals surface area (Å²) in [7, 11) is 0. The Hall–Kier alpha value is -1.50. The minimum Gasteiger partial charge on any atom is -0.290 e. The standard InChI is InChI=1S/C11H11ClN2O/c12-8-2-1-3-9-4-6-10(7-5-9)11(15)14-13/h4-7H,2,8,13H2,(H,14,15). The highest BCUT2D eigenvalue weighted by molar-refractivity contribution is 6.18. The van der Waals surface area contributed by atoms with Gasteiger partial charge in [-0.05, 0) is 24.3 Å². The number of alkyl halides is 1. The van der Waals surface area contributed by atoms with Gasteiger partial charge in [-0.15, -0.1) is 11.6 Å². The smallest absolute Gasteiger partial charge is 0.265 e. The summed E-state index contributed by atoms with van der Waals surface area (Å²) in [4.78, 5) is 11.1. The topological polar surface area (TPSA) is 55.1 Å². The molecule has 3 nitrogen and oxygen atoms in total. The number of hydrogen-bond donors (Lipinski definition) is 2. The van der Waals surface area contributed by atoms with Crippen molar-refractivity contribution < 1.29 is 4.79 Å². The molecule has 0 bridgehead atoms. The maximum atomic E-state index is 11.1. The van der Waals surface area contributed by atoms with E-state index in [4.69, 9.17) is 17.4 Å². The molecule has 0 saturated heterocycles. The average Bonchev–Trinajstić information content (AvgIpc) is 2.29. The summed E-state index contributed by atoms with van der Waals surface area (Å²) in [6.07, 6.45) is 0.659. The van der Waals surface area contributed by atoms with Crippen LogP contribution in [0, 0.1) is 11.8 Å². The van der Waals surface area contributed by atoms with E-state index in [1.54, 1.807) is 24.3 Å². The number of nitrogen functional groups attached to an aromatic ring is 1. The molecule has 0 aliphatic heterocycles. The third-order valence-electron chi connectivity index (χ3n) is 1.73. The SMILES string of the molecule is NNC(=O)c1ccc(C#CCCCl)cc1. The molecule has 0 heterocycles. The van der Waals surface area contributed by atoms with Crippen LogP contribution < -0.4 is 11.3 Å². The molecule has 78 valence electrons. The Morgan fingerprint density at radius 1 is 1.40 bits per heavy atom. The first-order valence-electron chi connectivity index (χ1n) is 4.43. The third-order valence-corrected chi connectivity index (χ3v) is 1.92. The van der Waals surface area contributed by atoms with E-state index in [9.17, 15) is 4.79 Å². The molecular formula is C11H11ClN2O. The van der Waals surface area contributed by atoms with Crippen molar-refractivity contribution in [3.05, 3.63) is 35.4 Å². The van der Waals surface area contributed by atoms with Gasteiger partial charge in [0.25, 0.3) is 5.91 Å². The van der Waals surface area contributed by atoms with Crippen molar-refractivity contribution in [2.24, 2.45) is 5.84 Å². The maximum Gasteiger partial charge on any atom is 0.265 e. The van der Waals surface area contributed by atoms with Gasteiger partial charge in [0, 0.05) is 23.4 Å². The van der Waals surface area contributed by atoms with Crippen LogP contribution in [0.3, 0.4) is 0 Å². The van der Waals surface area contributed by atoms with Crippen LogP contribution in [0.5, 0.6) is 0 Å². The summed E-state index contributed by atoms with van der Waals surface area (Å²) in [5.74, 6) is 11.1. The number of hydrogen-bond acceptors (Lipinski definition) is 2. The third kappa shape index (κ3) is 3.62. The van der Waals surface area contributed by atoms with E-state index in [0.717, 1.165) is 5.56 Å². The summed E-state index contributed by atoms with van der Waals surface area (Å²) in [6, 6.07) is 6.89. The molecular weight excluding hydrogens is 212 g/mol. The van der Waals surface area contributed by atoms with Crippen molar-refractivity contribution in [3.8, 4) is 11.8 Å². The fourth-order valence-corrected chi connectivity index (χ4v) is 1.09. The Morgan fingerprint density at radius 2 is 2.07 bits per heavy atom. The molecule has 1 amide bonds. The van der Waals surface area contributed by atoms with Crippen molar-refractivity contribution in [2.75, 3.05) is 5.88 Å². The van der Waals surface area contributed by atoms with E-state index in [1.165, 1.54) is 0 Å². The van der Waals surface area contributed by atoms with Gasteiger partial charge in [-0.2, -0.15) is 0 Å². The van der Waals surface area contributed by atoms with Gasteiger partial charge in [-0.1, -0.05) is 11.8 Å². The van der Waals surface area contributed by atoms with Crippen molar-refractivity contribution in [3.63, 3.8) is 0 Å². The second kappa shape index (κ2) is 6.07. The van der Waals surface area contributed by atoms with Gasteiger partial charge in [0.05, 0.1) is 0 Å². The lowest BCUT2D eigenvalue weighted by Crippen LogP contribution is -2.29. The second-order valence-corrected chi connectivity index (χ2v) is 3.17. The van der Waals surface area contributed by atoms with Crippen LogP contribution in [-0.4, -0.2) is 11.8 Å². The molecule has 4 heteroatoms. The molecule has 3 N–H and O–H groups in total. The predicted molar refractivity (Wildman–Crippen MR) is 60.3 cm³/mol. The van der Waals surface area contributed by atoms with Crippen LogP contribution in [0.4, 0.5) is 0 Å². The van der Waals surface area contributed by atoms with Crippen molar-refractivity contribution >= 4 is 17.5 Å². The number of halogens is 1. The number of amides is 1. The van der Waals surface area contributed by atoms with E-state index in [0.29, 0.717) is 17.9 Å². The van der Waals surface area contributed by atoms with E-state index >= 15 is 0 Å². The first-order chi connectivity index (χ1) is 7.27. The Morgan fingerprint density at radius 3 is 2.60 bits per heavy atom. The lowest BCUT2D eigenvalue weighted by Gasteiger charge is -1.98. The van der Waals surface area contributed by atoms with Gasteiger partial charge in [0.1, 0.15) is 0 Å². The molecule has 1 aromatic rings. The van der Waals surface area contributed by atoms with Gasteiger partial charge in [-0.3, -0.25) is 10.2 Å². The summed E-state index contributed by atoms with van der Waals surface area (Å²) in [6.45, 7) is 0. The van der Waals surface area contributed by atoms with Gasteiger partial charge < -0.3 is 0 Å². The minimum absolute atomic E-state index is 0.310. The van der Waals surface area contributed by atoms with Gasteiger partial charge in [0.15, 0.2) is 0 Å². The van der Waals surface area contributed by atoms with Gasteiger partial charge in [-0.25, -0.2) is 5.84 Å². The molecule has 15 heavy (non-hydrogen) atoms. The molecule has 0 spiro atoms. The highest BCUT2D eigenvalue weighted by atomic mass is 35.5. The maximum absolute atomic E-state index is 11.1. The number of nitrogens with one attached hydrogen (secondary N) is 1. The van der Waals surface area contributed by atoms with Crippen molar-refractivity contribution in [1.29, 1.82) is 0 Å². The number of rotatable bonds is 2. The molecule has 1 aromatic carbocycles. The highest BCUT2D eigenvalue weighted by Gasteiger charge is 2.00. The molecule has 0 unspecified atom stereocenters. The van der Waals surface area contributed by atoms with Crippen LogP contribution in [0.1, 0.15) is 22.3 Å². The predicted octanol–water partition coefficient (Wildman–Crippen LogP) is 1.27. The van der Waals surface area contributed by atoms with Crippen LogP contribution >= 0.6 is 11.6 Å². The molecule has 0 atom stereocenters. The van der Waals surface area contributed by atoms with Gasteiger partial charge in [0.2, 0.25) is 0 Å². The summed E-state index contributed by atoms with van der Waals surface area (Å²) in [5, 5.41) is 0. The molecule has 0 saturated carbocycles. The highest BCUT2D eigenvalue weighted by Crippen LogP contribution is 2.02. The van der Waals surface area contributed by atoms with Crippen molar-refractivity contribution in [1.82, 2.24) is 5.43 Å². The largest absolute Gasteiger partial charge is 0.290 e. The Kier molecular flexibility index (Phi) is 4.69. The molecule has 0 aliphatic carbocycles. The lowest BCUT2D eigenvalue weighted by molar-refractivity contribution is 0.0953. The first-order valence-corrected chi connectivity index (χ1v) is 4.97. The molecule has 0 fully saturated rings. The summed E-state index contributed by atoms with van der Waals surface area (Å²) in [5.41, 5.74) is 3.43. The Balaban J connectivity index is 2.73. The van der Waals surface area contributed by atoms with E-state index in [2.05, 4.69) is 17.3 Å². The van der Waals surface area contributed by atoms with E-state index in [-0.39, 0.29) is 5.91 Å².